The lowest BCUT2D eigenvalue weighted by Gasteiger charge is -2.51. The summed E-state index contributed by atoms with van der Waals surface area (Å²) in [6.07, 6.45) is 0.113. The quantitative estimate of drug-likeness (QED) is 0.594. The first-order valence-electron chi connectivity index (χ1n) is 7.86. The summed E-state index contributed by atoms with van der Waals surface area (Å²) in [6.45, 7) is 3.54. The van der Waals surface area contributed by atoms with Crippen molar-refractivity contribution in [1.82, 2.24) is 10.2 Å². The first kappa shape index (κ1) is 17.8. The van der Waals surface area contributed by atoms with Crippen molar-refractivity contribution < 1.29 is 24.2 Å². The third-order valence-electron chi connectivity index (χ3n) is 4.59. The van der Waals surface area contributed by atoms with Crippen LogP contribution in [0.25, 0.3) is 0 Å². The Morgan fingerprint density at radius 3 is 2.52 bits per heavy atom. The standard InChI is InChI=1S/C17H20N2O5S/c1-16(2)12(13(21)22)19-14(23)17(24-3,15(19)25-16)18-11(20)9-10-7-5-4-6-8-10/h4-8,12,15H,9H2,1-3H3,(H,18,20)(H,21,22)/t12-,15+,17+/m0/s1. The van der Waals surface area contributed by atoms with Crippen LogP contribution in [0.3, 0.4) is 0 Å². The van der Waals surface area contributed by atoms with E-state index in [1.54, 1.807) is 13.8 Å². The van der Waals surface area contributed by atoms with E-state index >= 15 is 0 Å². The molecule has 2 heterocycles. The van der Waals surface area contributed by atoms with E-state index in [1.165, 1.54) is 23.8 Å². The van der Waals surface area contributed by atoms with Crippen molar-refractivity contribution in [3.8, 4) is 0 Å². The summed E-state index contributed by atoms with van der Waals surface area (Å²) in [5.74, 6) is -1.93. The molecular formula is C17H20N2O5S. The van der Waals surface area contributed by atoms with Crippen molar-refractivity contribution in [2.75, 3.05) is 7.11 Å². The molecule has 0 aromatic heterocycles. The highest BCUT2D eigenvalue weighted by atomic mass is 32.2. The number of rotatable bonds is 5. The van der Waals surface area contributed by atoms with E-state index in [-0.39, 0.29) is 12.3 Å². The lowest BCUT2D eigenvalue weighted by molar-refractivity contribution is -0.201. The molecule has 2 saturated heterocycles. The Balaban J connectivity index is 1.80. The molecule has 1 aromatic carbocycles. The van der Waals surface area contributed by atoms with Gasteiger partial charge < -0.3 is 20.1 Å². The molecule has 7 nitrogen and oxygen atoms in total. The van der Waals surface area contributed by atoms with E-state index < -0.39 is 33.8 Å². The van der Waals surface area contributed by atoms with Gasteiger partial charge in [0.25, 0.3) is 11.6 Å². The number of carbonyl (C=O) groups excluding carboxylic acids is 2. The normalized spacial score (nSPS) is 29.7. The summed E-state index contributed by atoms with van der Waals surface area (Å²) in [5.41, 5.74) is -0.699. The van der Waals surface area contributed by atoms with Gasteiger partial charge in [-0.15, -0.1) is 11.8 Å². The summed E-state index contributed by atoms with van der Waals surface area (Å²) < 4.78 is 4.71. The molecule has 1 aromatic rings. The zero-order chi connectivity index (χ0) is 18.4. The van der Waals surface area contributed by atoms with E-state index in [0.29, 0.717) is 0 Å². The van der Waals surface area contributed by atoms with E-state index in [9.17, 15) is 19.5 Å². The molecule has 3 rings (SSSR count). The zero-order valence-corrected chi connectivity index (χ0v) is 15.0. The van der Waals surface area contributed by atoms with Gasteiger partial charge in [-0.05, 0) is 19.4 Å². The van der Waals surface area contributed by atoms with Crippen LogP contribution in [0, 0.1) is 0 Å². The monoisotopic (exact) mass is 364 g/mol. The third-order valence-corrected chi connectivity index (χ3v) is 6.21. The lowest BCUT2D eigenvalue weighted by atomic mass is 9.93. The van der Waals surface area contributed by atoms with Crippen LogP contribution in [-0.4, -0.2) is 56.8 Å². The topological polar surface area (TPSA) is 95.9 Å². The Bertz CT molecular complexity index is 723. The number of hydrogen-bond acceptors (Lipinski definition) is 5. The summed E-state index contributed by atoms with van der Waals surface area (Å²) in [5, 5.41) is 11.6. The number of amides is 2. The van der Waals surface area contributed by atoms with Gasteiger partial charge in [0.1, 0.15) is 11.4 Å². The van der Waals surface area contributed by atoms with Crippen molar-refractivity contribution in [2.45, 2.75) is 42.2 Å². The molecular weight excluding hydrogens is 344 g/mol. The number of carboxylic acid groups (broad SMARTS) is 1. The minimum atomic E-state index is -1.52. The van der Waals surface area contributed by atoms with Crippen molar-refractivity contribution in [3.05, 3.63) is 35.9 Å². The van der Waals surface area contributed by atoms with Gasteiger partial charge in [-0.3, -0.25) is 9.59 Å². The summed E-state index contributed by atoms with van der Waals surface area (Å²) in [7, 11) is 1.35. The van der Waals surface area contributed by atoms with Crippen LogP contribution in [0.4, 0.5) is 0 Å². The van der Waals surface area contributed by atoms with E-state index in [2.05, 4.69) is 5.32 Å². The van der Waals surface area contributed by atoms with Crippen molar-refractivity contribution in [3.63, 3.8) is 0 Å². The number of carbonyl (C=O) groups is 3. The molecule has 0 radical (unpaired) electrons. The molecule has 0 aliphatic carbocycles. The third kappa shape index (κ3) is 2.69. The lowest BCUT2D eigenvalue weighted by Crippen LogP contribution is -2.80. The number of β-lactam (4-membered cyclic amide) rings is 1. The molecule has 2 N–H and O–H groups in total. The summed E-state index contributed by atoms with van der Waals surface area (Å²) >= 11 is 1.32. The average molecular weight is 364 g/mol. The molecule has 134 valence electrons. The van der Waals surface area contributed by atoms with E-state index in [4.69, 9.17) is 4.74 Å². The summed E-state index contributed by atoms with van der Waals surface area (Å²) in [4.78, 5) is 38.0. The molecule has 0 bridgehead atoms. The Morgan fingerprint density at radius 2 is 1.96 bits per heavy atom. The maximum absolute atomic E-state index is 12.7. The molecule has 8 heteroatoms. The highest BCUT2D eigenvalue weighted by Gasteiger charge is 2.73. The predicted octanol–water partition coefficient (Wildman–Crippen LogP) is 0.835. The van der Waals surface area contributed by atoms with Crippen LogP contribution in [0.1, 0.15) is 19.4 Å². The fourth-order valence-electron chi connectivity index (χ4n) is 3.42. The van der Waals surface area contributed by atoms with E-state index in [0.717, 1.165) is 5.56 Å². The Kier molecular flexibility index (Phi) is 4.28. The first-order chi connectivity index (χ1) is 11.7. The number of thioether (sulfide) groups is 1. The van der Waals surface area contributed by atoms with Crippen LogP contribution in [0.15, 0.2) is 30.3 Å². The molecule has 0 spiro atoms. The summed E-state index contributed by atoms with van der Waals surface area (Å²) in [6, 6.07) is 8.21. The highest BCUT2D eigenvalue weighted by Crippen LogP contribution is 2.55. The first-order valence-corrected chi connectivity index (χ1v) is 8.74. The minimum Gasteiger partial charge on any atom is -0.480 e. The molecule has 25 heavy (non-hydrogen) atoms. The number of aliphatic carboxylic acids is 1. The van der Waals surface area contributed by atoms with Gasteiger partial charge in [0.2, 0.25) is 5.91 Å². The molecule has 2 aliphatic rings. The van der Waals surface area contributed by atoms with Gasteiger partial charge >= 0.3 is 5.97 Å². The molecule has 2 fully saturated rings. The van der Waals surface area contributed by atoms with Gasteiger partial charge in [0.05, 0.1) is 6.42 Å². The Morgan fingerprint density at radius 1 is 1.32 bits per heavy atom. The van der Waals surface area contributed by atoms with Crippen LogP contribution in [-0.2, 0) is 25.5 Å². The molecule has 3 atom stereocenters. The second kappa shape index (κ2) is 6.03. The predicted molar refractivity (Wildman–Crippen MR) is 91.8 cm³/mol. The second-order valence-electron chi connectivity index (χ2n) is 6.68. The van der Waals surface area contributed by atoms with Crippen LogP contribution >= 0.6 is 11.8 Å². The molecule has 2 aliphatic heterocycles. The van der Waals surface area contributed by atoms with Crippen LogP contribution in [0.2, 0.25) is 0 Å². The van der Waals surface area contributed by atoms with Crippen LogP contribution in [0.5, 0.6) is 0 Å². The SMILES string of the molecule is CO[C@]1(NC(=O)Cc2ccccc2)C(=O)N2[C@@H](C(=O)O)C(C)(C)S[C@@H]21. The smallest absolute Gasteiger partial charge is 0.327 e. The van der Waals surface area contributed by atoms with E-state index in [1.807, 2.05) is 30.3 Å². The number of benzene rings is 1. The number of ether oxygens (including phenoxy) is 1. The van der Waals surface area contributed by atoms with Crippen molar-refractivity contribution in [2.24, 2.45) is 0 Å². The maximum atomic E-state index is 12.7. The molecule has 2 amide bonds. The minimum absolute atomic E-state index is 0.113. The van der Waals surface area contributed by atoms with Gasteiger partial charge in [0.15, 0.2) is 0 Å². The zero-order valence-electron chi connectivity index (χ0n) is 14.2. The number of carboxylic acids is 1. The maximum Gasteiger partial charge on any atom is 0.327 e. The number of nitrogens with one attached hydrogen (secondary N) is 1. The van der Waals surface area contributed by atoms with Gasteiger partial charge in [-0.1, -0.05) is 30.3 Å². The van der Waals surface area contributed by atoms with Crippen molar-refractivity contribution >= 4 is 29.5 Å². The Labute approximate surface area is 149 Å². The number of methoxy groups -OCH3 is 1. The molecule has 0 saturated carbocycles. The average Bonchev–Trinajstić information content (AvgIpc) is 2.82. The van der Waals surface area contributed by atoms with Gasteiger partial charge in [-0.2, -0.15) is 0 Å². The van der Waals surface area contributed by atoms with Crippen LogP contribution < -0.4 is 5.32 Å². The molecule has 0 unspecified atom stereocenters. The Hall–Kier alpha value is -2.06. The van der Waals surface area contributed by atoms with Gasteiger partial charge in [0, 0.05) is 11.9 Å². The fourth-order valence-corrected chi connectivity index (χ4v) is 5.09. The highest BCUT2D eigenvalue weighted by molar-refractivity contribution is 8.01. The number of fused-ring (bicyclic) bond motifs is 1. The number of hydrogen-bond donors (Lipinski definition) is 2. The fraction of sp³-hybridized carbons (Fsp3) is 0.471. The van der Waals surface area contributed by atoms with Gasteiger partial charge in [-0.25, -0.2) is 4.79 Å². The largest absolute Gasteiger partial charge is 0.480 e. The number of nitrogens with zero attached hydrogens (tertiary/aromatic N) is 1. The van der Waals surface area contributed by atoms with Crippen molar-refractivity contribution in [1.29, 1.82) is 0 Å². The second-order valence-corrected chi connectivity index (χ2v) is 8.41.